The second-order valence-corrected chi connectivity index (χ2v) is 6.80. The largest absolute Gasteiger partial charge is 0.366 e. The number of thiocarbonyl (C=S) groups is 1. The molecule has 5 rings (SSSR count). The second kappa shape index (κ2) is 4.52. The molecular formula is C17H11ClFN3S. The number of hydrogen-bond acceptors (Lipinski definition) is 2. The Bertz CT molecular complexity index is 997. The van der Waals surface area contributed by atoms with E-state index in [1.807, 2.05) is 24.3 Å². The summed E-state index contributed by atoms with van der Waals surface area (Å²) in [6.07, 6.45) is 0.735. The van der Waals surface area contributed by atoms with Crippen LogP contribution >= 0.6 is 23.8 Å². The first-order chi connectivity index (χ1) is 11.1. The molecule has 0 unspecified atom stereocenters. The molecule has 2 aliphatic heterocycles. The van der Waals surface area contributed by atoms with Crippen molar-refractivity contribution >= 4 is 39.8 Å². The monoisotopic (exact) mass is 343 g/mol. The molecule has 3 nitrogen and oxygen atoms in total. The van der Waals surface area contributed by atoms with Gasteiger partial charge in [-0.1, -0.05) is 36.0 Å². The molecule has 3 aromatic rings. The van der Waals surface area contributed by atoms with E-state index in [9.17, 15) is 4.39 Å². The third-order valence-corrected chi connectivity index (χ3v) is 5.27. The van der Waals surface area contributed by atoms with E-state index in [-0.39, 0.29) is 17.9 Å². The number of hydrogen-bond donors (Lipinski definition) is 1. The van der Waals surface area contributed by atoms with Gasteiger partial charge >= 0.3 is 0 Å². The van der Waals surface area contributed by atoms with Crippen LogP contribution in [0.4, 0.5) is 4.39 Å². The Morgan fingerprint density at radius 2 is 2.17 bits per heavy atom. The minimum atomic E-state index is -0.228. The Morgan fingerprint density at radius 3 is 3.04 bits per heavy atom. The van der Waals surface area contributed by atoms with Crippen LogP contribution in [0.2, 0.25) is 5.02 Å². The number of halogens is 2. The van der Waals surface area contributed by atoms with Crippen molar-refractivity contribution in [2.24, 2.45) is 0 Å². The predicted octanol–water partition coefficient (Wildman–Crippen LogP) is 4.14. The predicted molar refractivity (Wildman–Crippen MR) is 91.5 cm³/mol. The third-order valence-electron chi connectivity index (χ3n) is 4.70. The molecule has 6 heteroatoms. The molecule has 0 saturated heterocycles. The van der Waals surface area contributed by atoms with Gasteiger partial charge in [-0.25, -0.2) is 9.37 Å². The zero-order valence-corrected chi connectivity index (χ0v) is 13.5. The fourth-order valence-electron chi connectivity index (χ4n) is 3.77. The summed E-state index contributed by atoms with van der Waals surface area (Å²) in [5, 5.41) is 3.98. The molecule has 3 heterocycles. The van der Waals surface area contributed by atoms with Crippen molar-refractivity contribution < 1.29 is 4.39 Å². The van der Waals surface area contributed by atoms with E-state index >= 15 is 0 Å². The second-order valence-electron chi connectivity index (χ2n) is 5.95. The summed E-state index contributed by atoms with van der Waals surface area (Å²) in [4.78, 5) is 5.30. The Kier molecular flexibility index (Phi) is 2.65. The number of aromatic nitrogens is 2. The van der Waals surface area contributed by atoms with E-state index in [0.717, 1.165) is 28.8 Å². The van der Waals surface area contributed by atoms with Crippen LogP contribution < -0.4 is 5.32 Å². The molecule has 114 valence electrons. The molecule has 1 aromatic heterocycles. The van der Waals surface area contributed by atoms with Gasteiger partial charge in [0.2, 0.25) is 0 Å². The number of nitrogens with zero attached hydrogens (tertiary/aromatic N) is 2. The average molecular weight is 344 g/mol. The topological polar surface area (TPSA) is 29.9 Å². The maximum atomic E-state index is 14.6. The van der Waals surface area contributed by atoms with Gasteiger partial charge in [-0.05, 0) is 30.7 Å². The molecule has 2 bridgehead atoms. The summed E-state index contributed by atoms with van der Waals surface area (Å²) in [7, 11) is 0. The van der Waals surface area contributed by atoms with Gasteiger partial charge in [0.15, 0.2) is 0 Å². The van der Waals surface area contributed by atoms with Gasteiger partial charge in [0.25, 0.3) is 0 Å². The number of fused-ring (bicyclic) bond motifs is 9. The first-order valence-electron chi connectivity index (χ1n) is 7.40. The molecule has 2 aliphatic rings. The summed E-state index contributed by atoms with van der Waals surface area (Å²) in [6, 6.07) is 10.5. The number of nitrogens with one attached hydrogen (secondary N) is 1. The molecule has 0 saturated carbocycles. The SMILES string of the molecule is Fc1cccc2c1[C@H]1C[C@@H](NC2=S)c2nc3ccc(Cl)cc3n21. The van der Waals surface area contributed by atoms with Gasteiger partial charge in [-0.15, -0.1) is 0 Å². The fourth-order valence-corrected chi connectivity index (χ4v) is 4.26. The van der Waals surface area contributed by atoms with Gasteiger partial charge < -0.3 is 9.88 Å². The lowest BCUT2D eigenvalue weighted by molar-refractivity contribution is 0.538. The number of imidazole rings is 1. The highest BCUT2D eigenvalue weighted by Gasteiger charge is 2.40. The van der Waals surface area contributed by atoms with Crippen molar-refractivity contribution in [2.45, 2.75) is 18.5 Å². The van der Waals surface area contributed by atoms with Crippen molar-refractivity contribution in [1.29, 1.82) is 0 Å². The zero-order chi connectivity index (χ0) is 15.7. The zero-order valence-electron chi connectivity index (χ0n) is 11.9. The van der Waals surface area contributed by atoms with Crippen molar-refractivity contribution in [2.75, 3.05) is 0 Å². The van der Waals surface area contributed by atoms with E-state index in [4.69, 9.17) is 28.8 Å². The van der Waals surface area contributed by atoms with Crippen LogP contribution in [0.3, 0.4) is 0 Å². The van der Waals surface area contributed by atoms with E-state index in [2.05, 4.69) is 9.88 Å². The normalized spacial score (nSPS) is 21.7. The number of rotatable bonds is 0. The van der Waals surface area contributed by atoms with Gasteiger partial charge in [0.1, 0.15) is 16.6 Å². The molecule has 0 aliphatic carbocycles. The fraction of sp³-hybridized carbons (Fsp3) is 0.176. The Morgan fingerprint density at radius 1 is 1.30 bits per heavy atom. The minimum absolute atomic E-state index is 0.00882. The summed E-state index contributed by atoms with van der Waals surface area (Å²) < 4.78 is 16.7. The molecular weight excluding hydrogens is 333 g/mol. The Labute approximate surface area is 142 Å². The summed E-state index contributed by atoms with van der Waals surface area (Å²) in [5.41, 5.74) is 3.21. The van der Waals surface area contributed by atoms with Crippen molar-refractivity contribution in [1.82, 2.24) is 14.9 Å². The molecule has 0 spiro atoms. The maximum Gasteiger partial charge on any atom is 0.133 e. The maximum absolute atomic E-state index is 14.6. The highest BCUT2D eigenvalue weighted by molar-refractivity contribution is 7.80. The van der Waals surface area contributed by atoms with Crippen LogP contribution in [0.15, 0.2) is 36.4 Å². The highest BCUT2D eigenvalue weighted by Crippen LogP contribution is 2.45. The summed E-state index contributed by atoms with van der Waals surface area (Å²) >= 11 is 11.6. The lowest BCUT2D eigenvalue weighted by Gasteiger charge is -2.19. The molecule has 0 amide bonds. The van der Waals surface area contributed by atoms with E-state index in [0.29, 0.717) is 15.6 Å². The first-order valence-corrected chi connectivity index (χ1v) is 8.19. The Hall–Kier alpha value is -1.98. The number of benzene rings is 2. The molecule has 2 aromatic carbocycles. The third kappa shape index (κ3) is 1.75. The highest BCUT2D eigenvalue weighted by atomic mass is 35.5. The van der Waals surface area contributed by atoms with E-state index in [1.165, 1.54) is 6.07 Å². The van der Waals surface area contributed by atoms with Gasteiger partial charge in [0.05, 0.1) is 23.1 Å². The van der Waals surface area contributed by atoms with Crippen LogP contribution in [-0.4, -0.2) is 14.5 Å². The van der Waals surface area contributed by atoms with Crippen LogP contribution in [-0.2, 0) is 0 Å². The quantitative estimate of drug-likeness (QED) is 0.622. The molecule has 0 radical (unpaired) electrons. The Balaban J connectivity index is 1.86. The lowest BCUT2D eigenvalue weighted by Crippen LogP contribution is -2.27. The van der Waals surface area contributed by atoms with Gasteiger partial charge in [-0.2, -0.15) is 0 Å². The van der Waals surface area contributed by atoms with Gasteiger partial charge in [-0.3, -0.25) is 0 Å². The average Bonchev–Trinajstić information content (AvgIpc) is 3.00. The summed E-state index contributed by atoms with van der Waals surface area (Å²) in [6.45, 7) is 0. The van der Waals surface area contributed by atoms with Crippen LogP contribution in [0, 0.1) is 5.82 Å². The van der Waals surface area contributed by atoms with Crippen molar-refractivity contribution in [3.8, 4) is 0 Å². The van der Waals surface area contributed by atoms with Crippen LogP contribution in [0.5, 0.6) is 0 Å². The molecule has 1 N–H and O–H groups in total. The molecule has 0 fully saturated rings. The molecule has 23 heavy (non-hydrogen) atoms. The minimum Gasteiger partial charge on any atom is -0.366 e. The van der Waals surface area contributed by atoms with E-state index < -0.39 is 0 Å². The van der Waals surface area contributed by atoms with Gasteiger partial charge in [0, 0.05) is 16.1 Å². The standard InChI is InChI=1S/C17H11ClFN3S/c18-8-4-5-11-13(6-8)22-14-7-12(16(22)20-11)21-17(23)9-2-1-3-10(19)15(9)14/h1-6,12,14H,7H2,(H,21,23)/t12-,14-/m1/s1. The van der Waals surface area contributed by atoms with Crippen LogP contribution in [0.25, 0.3) is 11.0 Å². The lowest BCUT2D eigenvalue weighted by atomic mass is 9.98. The van der Waals surface area contributed by atoms with E-state index in [1.54, 1.807) is 6.07 Å². The first kappa shape index (κ1) is 13.5. The molecule has 2 atom stereocenters. The van der Waals surface area contributed by atoms with Crippen molar-refractivity contribution in [3.63, 3.8) is 0 Å². The smallest absolute Gasteiger partial charge is 0.133 e. The summed E-state index contributed by atoms with van der Waals surface area (Å²) in [5.74, 6) is 0.664. The van der Waals surface area contributed by atoms with Crippen LogP contribution in [0.1, 0.15) is 35.5 Å². The van der Waals surface area contributed by atoms with Crippen molar-refractivity contribution in [3.05, 3.63) is 64.2 Å².